The van der Waals surface area contributed by atoms with Gasteiger partial charge in [0, 0.05) is 12.7 Å². The van der Waals surface area contributed by atoms with E-state index in [9.17, 15) is 14.7 Å². The van der Waals surface area contributed by atoms with Crippen molar-refractivity contribution < 1.29 is 14.6 Å². The highest BCUT2D eigenvalue weighted by Crippen LogP contribution is 2.23. The summed E-state index contributed by atoms with van der Waals surface area (Å²) in [5.74, 6) is -0.981. The minimum absolute atomic E-state index is 0.0174. The second-order valence-electron chi connectivity index (χ2n) is 4.24. The third-order valence-corrected chi connectivity index (χ3v) is 2.77. The van der Waals surface area contributed by atoms with E-state index in [0.29, 0.717) is 18.0 Å². The Morgan fingerprint density at radius 2 is 2.24 bits per heavy atom. The second kappa shape index (κ2) is 6.08. The lowest BCUT2D eigenvalue weighted by molar-refractivity contribution is -0.255. The summed E-state index contributed by atoms with van der Waals surface area (Å²) in [5, 5.41) is 17.6. The van der Waals surface area contributed by atoms with Crippen LogP contribution in [0.1, 0.15) is 17.3 Å². The molecule has 0 aliphatic rings. The highest BCUT2D eigenvalue weighted by molar-refractivity contribution is 5.87. The maximum Gasteiger partial charge on any atom is 0.294 e. The molecule has 7 heteroatoms. The van der Waals surface area contributed by atoms with E-state index in [2.05, 4.69) is 10.4 Å². The molecule has 7 nitrogen and oxygen atoms in total. The van der Waals surface area contributed by atoms with Crippen molar-refractivity contribution in [2.45, 2.75) is 6.92 Å². The highest BCUT2D eigenvalue weighted by atomic mass is 16.5. The summed E-state index contributed by atoms with van der Waals surface area (Å²) in [6.07, 6.45) is 1.43. The van der Waals surface area contributed by atoms with Gasteiger partial charge in [-0.2, -0.15) is 5.10 Å². The van der Waals surface area contributed by atoms with E-state index < -0.39 is 5.97 Å². The van der Waals surface area contributed by atoms with Crippen molar-refractivity contribution in [2.75, 3.05) is 11.9 Å². The molecule has 0 saturated heterocycles. The van der Waals surface area contributed by atoms with Crippen molar-refractivity contribution in [1.82, 2.24) is 9.78 Å². The smallest absolute Gasteiger partial charge is 0.294 e. The number of carbonyl (C=O) groups is 1. The average molecular weight is 288 g/mol. The van der Waals surface area contributed by atoms with Crippen molar-refractivity contribution in [3.8, 4) is 5.75 Å². The van der Waals surface area contributed by atoms with Crippen molar-refractivity contribution in [2.24, 2.45) is 7.05 Å². The van der Waals surface area contributed by atoms with Crippen molar-refractivity contribution in [3.05, 3.63) is 46.4 Å². The Labute approximate surface area is 120 Å². The molecule has 0 fully saturated rings. The van der Waals surface area contributed by atoms with Gasteiger partial charge in [-0.25, -0.2) is 4.68 Å². The van der Waals surface area contributed by atoms with E-state index in [-0.39, 0.29) is 16.8 Å². The van der Waals surface area contributed by atoms with Gasteiger partial charge in [0.2, 0.25) is 0 Å². The van der Waals surface area contributed by atoms with Crippen LogP contribution in [0.3, 0.4) is 0 Å². The molecule has 0 atom stereocenters. The molecule has 2 aromatic rings. The second-order valence-corrected chi connectivity index (χ2v) is 4.24. The monoisotopic (exact) mass is 288 g/mol. The number of anilines is 2. The molecule has 2 rings (SSSR count). The van der Waals surface area contributed by atoms with E-state index in [0.717, 1.165) is 4.68 Å². The first kappa shape index (κ1) is 14.6. The molecule has 0 amide bonds. The first-order valence-corrected chi connectivity index (χ1v) is 6.30. The fraction of sp³-hybridized carbons (Fsp3) is 0.214. The number of hydrogen-bond acceptors (Lipinski definition) is 6. The number of carboxylic acids is 1. The number of carboxylic acid groups (broad SMARTS) is 1. The van der Waals surface area contributed by atoms with Gasteiger partial charge in [0.25, 0.3) is 5.56 Å². The number of rotatable bonds is 5. The van der Waals surface area contributed by atoms with Gasteiger partial charge in [-0.05, 0) is 24.6 Å². The van der Waals surface area contributed by atoms with Gasteiger partial charge in [-0.3, -0.25) is 4.79 Å². The van der Waals surface area contributed by atoms with Gasteiger partial charge in [-0.15, -0.1) is 0 Å². The zero-order valence-corrected chi connectivity index (χ0v) is 11.6. The Hall–Kier alpha value is -2.83. The van der Waals surface area contributed by atoms with Crippen LogP contribution in [0, 0.1) is 0 Å². The van der Waals surface area contributed by atoms with Crippen LogP contribution < -0.4 is 20.7 Å². The van der Waals surface area contributed by atoms with Gasteiger partial charge >= 0.3 is 0 Å². The number of aromatic nitrogens is 2. The zero-order valence-electron chi connectivity index (χ0n) is 11.6. The van der Waals surface area contributed by atoms with Crippen LogP contribution in [0.15, 0.2) is 35.3 Å². The number of hydrogen-bond donors (Lipinski definition) is 1. The van der Waals surface area contributed by atoms with Crippen LogP contribution in [0.2, 0.25) is 0 Å². The minimum Gasteiger partial charge on any atom is -0.545 e. The molecule has 110 valence electrons. The van der Waals surface area contributed by atoms with E-state index >= 15 is 0 Å². The quantitative estimate of drug-likeness (QED) is 0.849. The average Bonchev–Trinajstić information content (AvgIpc) is 2.47. The number of ether oxygens (including phenoxy) is 1. The minimum atomic E-state index is -1.29. The van der Waals surface area contributed by atoms with Crippen LogP contribution in [0.5, 0.6) is 5.75 Å². The standard InChI is InChI=1S/C14H15N3O4/c1-3-21-11-8-15-17(2)13(18)12(11)16-10-6-4-5-9(7-10)14(19)20/h4-8,16H,3H2,1-2H3,(H,19,20)/p-1. The Bertz CT molecular complexity index is 724. The summed E-state index contributed by atoms with van der Waals surface area (Å²) in [6.45, 7) is 2.17. The molecule has 0 aliphatic carbocycles. The molecule has 1 aromatic heterocycles. The first-order chi connectivity index (χ1) is 10.0. The highest BCUT2D eigenvalue weighted by Gasteiger charge is 2.11. The largest absolute Gasteiger partial charge is 0.545 e. The molecule has 0 unspecified atom stereocenters. The molecular formula is C14H14N3O4-. The third-order valence-electron chi connectivity index (χ3n) is 2.77. The molecule has 1 aromatic carbocycles. The van der Waals surface area contributed by atoms with Crippen LogP contribution in [-0.2, 0) is 7.05 Å². The molecule has 0 spiro atoms. The van der Waals surface area contributed by atoms with Gasteiger partial charge in [0.1, 0.15) is 0 Å². The van der Waals surface area contributed by atoms with Crippen LogP contribution in [-0.4, -0.2) is 22.4 Å². The number of aryl methyl sites for hydroxylation is 1. The Morgan fingerprint density at radius 3 is 2.90 bits per heavy atom. The summed E-state index contributed by atoms with van der Waals surface area (Å²) in [6, 6.07) is 5.99. The maximum atomic E-state index is 12.1. The molecule has 0 bridgehead atoms. The maximum absolute atomic E-state index is 12.1. The number of nitrogens with zero attached hydrogens (tertiary/aromatic N) is 2. The SMILES string of the molecule is CCOc1cnn(C)c(=O)c1Nc1cccc(C(=O)[O-])c1. The number of aromatic carboxylic acids is 1. The molecule has 1 heterocycles. The van der Waals surface area contributed by atoms with Gasteiger partial charge < -0.3 is 20.0 Å². The van der Waals surface area contributed by atoms with Gasteiger partial charge in [0.05, 0.1) is 18.8 Å². The normalized spacial score (nSPS) is 10.2. The van der Waals surface area contributed by atoms with E-state index in [1.54, 1.807) is 19.1 Å². The first-order valence-electron chi connectivity index (χ1n) is 6.30. The summed E-state index contributed by atoms with van der Waals surface area (Å²) in [4.78, 5) is 23.0. The summed E-state index contributed by atoms with van der Waals surface area (Å²) in [7, 11) is 1.51. The molecule has 0 radical (unpaired) electrons. The summed E-state index contributed by atoms with van der Waals surface area (Å²) >= 11 is 0. The van der Waals surface area contributed by atoms with Crippen molar-refractivity contribution in [3.63, 3.8) is 0 Å². The predicted molar refractivity (Wildman–Crippen MR) is 74.7 cm³/mol. The lowest BCUT2D eigenvalue weighted by Crippen LogP contribution is -2.23. The van der Waals surface area contributed by atoms with E-state index in [4.69, 9.17) is 4.74 Å². The molecule has 21 heavy (non-hydrogen) atoms. The van der Waals surface area contributed by atoms with Crippen molar-refractivity contribution in [1.29, 1.82) is 0 Å². The predicted octanol–water partition coefficient (Wildman–Crippen LogP) is 0.286. The number of benzene rings is 1. The molecule has 0 aliphatic heterocycles. The van der Waals surface area contributed by atoms with Crippen molar-refractivity contribution >= 4 is 17.3 Å². The summed E-state index contributed by atoms with van der Waals surface area (Å²) in [5.41, 5.74) is 0.287. The van der Waals surface area contributed by atoms with Gasteiger partial charge in [0.15, 0.2) is 11.4 Å². The van der Waals surface area contributed by atoms with Crippen LogP contribution >= 0.6 is 0 Å². The Kier molecular flexibility index (Phi) is 4.22. The third kappa shape index (κ3) is 3.19. The van der Waals surface area contributed by atoms with Crippen LogP contribution in [0.4, 0.5) is 11.4 Å². The van der Waals surface area contributed by atoms with Crippen LogP contribution in [0.25, 0.3) is 0 Å². The lowest BCUT2D eigenvalue weighted by Gasteiger charge is -2.13. The fourth-order valence-electron chi connectivity index (χ4n) is 1.77. The Morgan fingerprint density at radius 1 is 1.48 bits per heavy atom. The molecule has 1 N–H and O–H groups in total. The number of nitrogens with one attached hydrogen (secondary N) is 1. The summed E-state index contributed by atoms with van der Waals surface area (Å²) < 4.78 is 6.52. The fourth-order valence-corrected chi connectivity index (χ4v) is 1.77. The zero-order chi connectivity index (χ0) is 15.4. The lowest BCUT2D eigenvalue weighted by atomic mass is 10.2. The molecule has 0 saturated carbocycles. The Balaban J connectivity index is 2.43. The number of carbonyl (C=O) groups excluding carboxylic acids is 1. The topological polar surface area (TPSA) is 96.3 Å². The molecular weight excluding hydrogens is 274 g/mol. The van der Waals surface area contributed by atoms with E-state index in [1.807, 2.05) is 0 Å². The van der Waals surface area contributed by atoms with Gasteiger partial charge in [-0.1, -0.05) is 12.1 Å². The van der Waals surface area contributed by atoms with E-state index in [1.165, 1.54) is 25.4 Å².